The van der Waals surface area contributed by atoms with Crippen molar-refractivity contribution in [3.8, 4) is 0 Å². The first-order valence-electron chi connectivity index (χ1n) is 6.54. The molecule has 1 aliphatic rings. The Balaban J connectivity index is 1.82. The van der Waals surface area contributed by atoms with Crippen molar-refractivity contribution in [3.63, 3.8) is 0 Å². The standard InChI is InChI=1S/C14H14N4O3/c1-17-12(4-5-13(17)18(20)21)14(19)16-10-2-3-11-9(8-10)6-7-15-11/h2-5,8,15H,6-7H2,1H3,(H,16,19). The van der Waals surface area contributed by atoms with Gasteiger partial charge in [0.2, 0.25) is 0 Å². The molecule has 3 rings (SSSR count). The fourth-order valence-corrected chi connectivity index (χ4v) is 2.49. The molecule has 108 valence electrons. The van der Waals surface area contributed by atoms with Crippen molar-refractivity contribution < 1.29 is 9.72 Å². The highest BCUT2D eigenvalue weighted by Gasteiger charge is 2.21. The minimum atomic E-state index is -0.516. The van der Waals surface area contributed by atoms with Crippen LogP contribution in [0.4, 0.5) is 17.2 Å². The summed E-state index contributed by atoms with van der Waals surface area (Å²) in [5.41, 5.74) is 3.18. The van der Waals surface area contributed by atoms with Gasteiger partial charge in [-0.2, -0.15) is 0 Å². The van der Waals surface area contributed by atoms with Crippen molar-refractivity contribution in [2.24, 2.45) is 7.05 Å². The number of rotatable bonds is 3. The molecule has 21 heavy (non-hydrogen) atoms. The topological polar surface area (TPSA) is 89.2 Å². The average molecular weight is 286 g/mol. The number of aromatic nitrogens is 1. The van der Waals surface area contributed by atoms with Gasteiger partial charge in [0.05, 0.1) is 7.05 Å². The summed E-state index contributed by atoms with van der Waals surface area (Å²) < 4.78 is 1.27. The van der Waals surface area contributed by atoms with Gasteiger partial charge in [-0.1, -0.05) is 0 Å². The van der Waals surface area contributed by atoms with E-state index in [1.807, 2.05) is 18.2 Å². The number of nitrogens with zero attached hydrogens (tertiary/aromatic N) is 2. The van der Waals surface area contributed by atoms with Crippen molar-refractivity contribution in [1.82, 2.24) is 4.57 Å². The van der Waals surface area contributed by atoms with Crippen LogP contribution < -0.4 is 10.6 Å². The molecule has 0 unspecified atom stereocenters. The number of hydrogen-bond acceptors (Lipinski definition) is 4. The van der Waals surface area contributed by atoms with Gasteiger partial charge in [0.15, 0.2) is 5.69 Å². The summed E-state index contributed by atoms with van der Waals surface area (Å²) in [5, 5.41) is 16.8. The predicted molar refractivity (Wildman–Crippen MR) is 78.7 cm³/mol. The van der Waals surface area contributed by atoms with E-state index in [1.165, 1.54) is 23.7 Å². The van der Waals surface area contributed by atoms with Crippen LogP contribution in [-0.4, -0.2) is 21.9 Å². The van der Waals surface area contributed by atoms with Crippen LogP contribution >= 0.6 is 0 Å². The van der Waals surface area contributed by atoms with Crippen LogP contribution in [0.5, 0.6) is 0 Å². The first kappa shape index (κ1) is 13.2. The third-order valence-corrected chi connectivity index (χ3v) is 3.59. The summed E-state index contributed by atoms with van der Waals surface area (Å²) in [4.78, 5) is 22.5. The lowest BCUT2D eigenvalue weighted by Crippen LogP contribution is -2.16. The van der Waals surface area contributed by atoms with E-state index in [2.05, 4.69) is 10.6 Å². The van der Waals surface area contributed by atoms with E-state index >= 15 is 0 Å². The molecular formula is C14H14N4O3. The fraction of sp³-hybridized carbons (Fsp3) is 0.214. The van der Waals surface area contributed by atoms with Crippen LogP contribution in [0.3, 0.4) is 0 Å². The molecule has 2 aromatic rings. The third-order valence-electron chi connectivity index (χ3n) is 3.59. The van der Waals surface area contributed by atoms with Crippen LogP contribution in [0.2, 0.25) is 0 Å². The first-order valence-corrected chi connectivity index (χ1v) is 6.54. The lowest BCUT2D eigenvalue weighted by Gasteiger charge is -2.06. The van der Waals surface area contributed by atoms with Gasteiger partial charge in [0.25, 0.3) is 5.91 Å². The number of benzene rings is 1. The van der Waals surface area contributed by atoms with E-state index < -0.39 is 4.92 Å². The van der Waals surface area contributed by atoms with Crippen LogP contribution in [-0.2, 0) is 13.5 Å². The van der Waals surface area contributed by atoms with Gasteiger partial charge in [-0.05, 0) is 41.2 Å². The summed E-state index contributed by atoms with van der Waals surface area (Å²) in [6.07, 6.45) is 0.925. The molecule has 1 aliphatic heterocycles. The molecule has 7 nitrogen and oxygen atoms in total. The van der Waals surface area contributed by atoms with Crippen LogP contribution in [0.15, 0.2) is 30.3 Å². The molecule has 2 N–H and O–H groups in total. The van der Waals surface area contributed by atoms with Gasteiger partial charge in [-0.15, -0.1) is 0 Å². The zero-order valence-electron chi connectivity index (χ0n) is 11.4. The highest BCUT2D eigenvalue weighted by molar-refractivity contribution is 6.03. The van der Waals surface area contributed by atoms with Crippen molar-refractivity contribution in [2.45, 2.75) is 6.42 Å². The second-order valence-corrected chi connectivity index (χ2v) is 4.90. The van der Waals surface area contributed by atoms with Gasteiger partial charge in [-0.3, -0.25) is 4.79 Å². The molecule has 1 amide bonds. The third kappa shape index (κ3) is 2.33. The van der Waals surface area contributed by atoms with Crippen molar-refractivity contribution in [1.29, 1.82) is 0 Å². The number of amides is 1. The molecule has 1 aromatic heterocycles. The largest absolute Gasteiger partial charge is 0.384 e. The number of anilines is 2. The summed E-state index contributed by atoms with van der Waals surface area (Å²) in [6, 6.07) is 8.42. The minimum absolute atomic E-state index is 0.113. The minimum Gasteiger partial charge on any atom is -0.384 e. The predicted octanol–water partition coefficient (Wildman–Crippen LogP) is 2.15. The number of fused-ring (bicyclic) bond motifs is 1. The van der Waals surface area contributed by atoms with Gasteiger partial charge < -0.3 is 20.7 Å². The van der Waals surface area contributed by atoms with E-state index in [9.17, 15) is 14.9 Å². The smallest absolute Gasteiger partial charge is 0.323 e. The van der Waals surface area contributed by atoms with E-state index in [0.29, 0.717) is 5.69 Å². The number of nitrogens with one attached hydrogen (secondary N) is 2. The SMILES string of the molecule is Cn1c(C(=O)Nc2ccc3c(c2)CCN3)ccc1[N+](=O)[O-]. The molecule has 0 saturated heterocycles. The molecule has 1 aromatic carbocycles. The molecule has 2 heterocycles. The second-order valence-electron chi connectivity index (χ2n) is 4.90. The first-order chi connectivity index (χ1) is 10.1. The molecule has 0 bridgehead atoms. The number of nitro groups is 1. The maximum Gasteiger partial charge on any atom is 0.323 e. The normalized spacial score (nSPS) is 12.6. The summed E-state index contributed by atoms with van der Waals surface area (Å²) >= 11 is 0. The van der Waals surface area contributed by atoms with Gasteiger partial charge in [0, 0.05) is 24.0 Å². The molecule has 0 aliphatic carbocycles. The van der Waals surface area contributed by atoms with Crippen LogP contribution in [0.25, 0.3) is 0 Å². The molecule has 0 atom stereocenters. The Bertz CT molecular complexity index is 736. The fourth-order valence-electron chi connectivity index (χ4n) is 2.49. The number of carbonyl (C=O) groups is 1. The Morgan fingerprint density at radius 2 is 2.19 bits per heavy atom. The van der Waals surface area contributed by atoms with Gasteiger partial charge >= 0.3 is 5.82 Å². The average Bonchev–Trinajstić information content (AvgIpc) is 3.04. The number of carbonyl (C=O) groups excluding carboxylic acids is 1. The van der Waals surface area contributed by atoms with E-state index in [1.54, 1.807) is 0 Å². The van der Waals surface area contributed by atoms with E-state index in [-0.39, 0.29) is 17.4 Å². The lowest BCUT2D eigenvalue weighted by atomic mass is 10.1. The maximum absolute atomic E-state index is 12.2. The van der Waals surface area contributed by atoms with E-state index in [0.717, 1.165) is 24.2 Å². The molecule has 0 spiro atoms. The molecular weight excluding hydrogens is 272 g/mol. The summed E-state index contributed by atoms with van der Waals surface area (Å²) in [5.74, 6) is -0.477. The van der Waals surface area contributed by atoms with Gasteiger partial charge in [-0.25, -0.2) is 4.57 Å². The summed E-state index contributed by atoms with van der Waals surface area (Å²) in [6.45, 7) is 0.900. The highest BCUT2D eigenvalue weighted by atomic mass is 16.6. The molecule has 0 radical (unpaired) electrons. The van der Waals surface area contributed by atoms with Crippen molar-refractivity contribution in [2.75, 3.05) is 17.2 Å². The van der Waals surface area contributed by atoms with Crippen molar-refractivity contribution >= 4 is 23.1 Å². The second kappa shape index (κ2) is 4.93. The molecule has 0 fully saturated rings. The Hall–Kier alpha value is -2.83. The maximum atomic E-state index is 12.2. The Morgan fingerprint density at radius 3 is 2.90 bits per heavy atom. The van der Waals surface area contributed by atoms with Gasteiger partial charge in [0.1, 0.15) is 0 Å². The Morgan fingerprint density at radius 1 is 1.38 bits per heavy atom. The zero-order chi connectivity index (χ0) is 15.0. The van der Waals surface area contributed by atoms with Crippen LogP contribution in [0, 0.1) is 10.1 Å². The zero-order valence-corrected chi connectivity index (χ0v) is 11.4. The number of hydrogen-bond donors (Lipinski definition) is 2. The monoisotopic (exact) mass is 286 g/mol. The molecule has 7 heteroatoms. The quantitative estimate of drug-likeness (QED) is 0.668. The van der Waals surface area contributed by atoms with Crippen LogP contribution in [0.1, 0.15) is 16.1 Å². The lowest BCUT2D eigenvalue weighted by molar-refractivity contribution is -0.391. The van der Waals surface area contributed by atoms with E-state index in [4.69, 9.17) is 0 Å². The Kier molecular flexibility index (Phi) is 3.09. The highest BCUT2D eigenvalue weighted by Crippen LogP contribution is 2.25. The molecule has 0 saturated carbocycles. The van der Waals surface area contributed by atoms with Crippen molar-refractivity contribution in [3.05, 3.63) is 51.7 Å². The summed E-state index contributed by atoms with van der Waals surface area (Å²) in [7, 11) is 1.50. The Labute approximate surface area is 120 Å².